The fourth-order valence-electron chi connectivity index (χ4n) is 1.77. The predicted molar refractivity (Wildman–Crippen MR) is 42.7 cm³/mol. The Morgan fingerprint density at radius 3 is 2.50 bits per heavy atom. The molecule has 0 aromatic carbocycles. The lowest BCUT2D eigenvalue weighted by molar-refractivity contribution is -0.139. The minimum absolute atomic E-state index is 0.0923. The van der Waals surface area contributed by atoms with E-state index in [1.165, 1.54) is 0 Å². The maximum atomic E-state index is 10.6. The van der Waals surface area contributed by atoms with Gasteiger partial charge in [0, 0.05) is 6.42 Å². The lowest BCUT2D eigenvalue weighted by atomic mass is 10.1. The summed E-state index contributed by atoms with van der Waals surface area (Å²) in [5, 5.41) is 17.0. The van der Waals surface area contributed by atoms with Crippen molar-refractivity contribution in [1.82, 2.24) is 0 Å². The van der Waals surface area contributed by atoms with E-state index in [4.69, 9.17) is 10.2 Å². The van der Waals surface area contributed by atoms with E-state index in [2.05, 4.69) is 5.92 Å². The normalized spacial score (nSPS) is 30.2. The summed E-state index contributed by atoms with van der Waals surface area (Å²) in [4.78, 5) is 10.6. The molecule has 2 atom stereocenters. The summed E-state index contributed by atoms with van der Waals surface area (Å²) < 4.78 is 0. The molecule has 0 aromatic rings. The molecule has 0 spiro atoms. The number of hydrogen-bond donors (Lipinski definition) is 2. The molecule has 3 heteroatoms. The topological polar surface area (TPSA) is 57.5 Å². The Morgan fingerprint density at radius 2 is 2.17 bits per heavy atom. The van der Waals surface area contributed by atoms with Crippen molar-refractivity contribution in [2.75, 3.05) is 0 Å². The second-order valence-corrected chi connectivity index (χ2v) is 3.74. The van der Waals surface area contributed by atoms with Gasteiger partial charge in [0.25, 0.3) is 0 Å². The van der Waals surface area contributed by atoms with Crippen molar-refractivity contribution in [3.8, 4) is 12.0 Å². The Balaban J connectivity index is 2.58. The number of carboxylic acids is 1. The zero-order valence-electron chi connectivity index (χ0n) is 7.16. The summed E-state index contributed by atoms with van der Waals surface area (Å²) in [5.41, 5.74) is -0.157. The fraction of sp³-hybridized carbons (Fsp3) is 0.667. The minimum Gasteiger partial charge on any atom is -0.481 e. The Hall–Kier alpha value is -1.17. The summed E-state index contributed by atoms with van der Waals surface area (Å²) in [5.74, 6) is 1.53. The van der Waals surface area contributed by atoms with Gasteiger partial charge >= 0.3 is 5.97 Å². The van der Waals surface area contributed by atoms with E-state index in [9.17, 15) is 4.79 Å². The van der Waals surface area contributed by atoms with E-state index >= 15 is 0 Å². The monoisotopic (exact) mass is 168 g/mol. The fourth-order valence-corrected chi connectivity index (χ4v) is 1.77. The number of aliphatic hydroxyl groups is 1. The van der Waals surface area contributed by atoms with Crippen LogP contribution in [-0.4, -0.2) is 16.2 Å². The van der Waals surface area contributed by atoms with Crippen molar-refractivity contribution in [3.63, 3.8) is 0 Å². The summed E-state index contributed by atoms with van der Waals surface area (Å²) in [6.45, 7) is 3.82. The SMILES string of the molecule is CC1(C)C(CC#CO)C1C(=O)O. The Kier molecular flexibility index (Phi) is 2.01. The van der Waals surface area contributed by atoms with E-state index < -0.39 is 5.97 Å². The molecule has 0 aliphatic heterocycles. The van der Waals surface area contributed by atoms with E-state index in [-0.39, 0.29) is 17.3 Å². The molecule has 12 heavy (non-hydrogen) atoms. The summed E-state index contributed by atoms with van der Waals surface area (Å²) in [7, 11) is 0. The van der Waals surface area contributed by atoms with Crippen LogP contribution in [0.2, 0.25) is 0 Å². The van der Waals surface area contributed by atoms with E-state index in [0.717, 1.165) is 0 Å². The van der Waals surface area contributed by atoms with Crippen molar-refractivity contribution in [2.24, 2.45) is 17.3 Å². The van der Waals surface area contributed by atoms with Gasteiger partial charge in [-0.15, -0.1) is 0 Å². The van der Waals surface area contributed by atoms with Crippen molar-refractivity contribution in [1.29, 1.82) is 0 Å². The van der Waals surface area contributed by atoms with Gasteiger partial charge in [0.05, 0.1) is 5.92 Å². The van der Waals surface area contributed by atoms with Gasteiger partial charge in [-0.05, 0) is 11.3 Å². The highest BCUT2D eigenvalue weighted by molar-refractivity contribution is 5.75. The zero-order chi connectivity index (χ0) is 9.35. The molecule has 1 aliphatic rings. The van der Waals surface area contributed by atoms with Crippen LogP contribution in [0, 0.1) is 29.3 Å². The first-order valence-corrected chi connectivity index (χ1v) is 3.86. The van der Waals surface area contributed by atoms with Crippen molar-refractivity contribution < 1.29 is 15.0 Å². The first-order chi connectivity index (χ1) is 5.51. The molecule has 0 saturated heterocycles. The molecular formula is C9H12O3. The van der Waals surface area contributed by atoms with Gasteiger partial charge in [0.2, 0.25) is 0 Å². The van der Waals surface area contributed by atoms with Crippen molar-refractivity contribution >= 4 is 5.97 Å². The van der Waals surface area contributed by atoms with Gasteiger partial charge in [-0.2, -0.15) is 0 Å². The van der Waals surface area contributed by atoms with Gasteiger partial charge in [0.15, 0.2) is 0 Å². The number of aliphatic hydroxyl groups excluding tert-OH is 1. The molecule has 1 aliphatic carbocycles. The van der Waals surface area contributed by atoms with Crippen molar-refractivity contribution in [3.05, 3.63) is 0 Å². The molecule has 1 saturated carbocycles. The standard InChI is InChI=1S/C9H12O3/c1-9(2)6(4-3-5-10)7(9)8(11)12/h6-7,10H,4H2,1-2H3,(H,11,12). The first kappa shape index (κ1) is 8.92. The Labute approximate surface area is 71.4 Å². The quantitative estimate of drug-likeness (QED) is 0.606. The average molecular weight is 168 g/mol. The minimum atomic E-state index is -0.760. The second-order valence-electron chi connectivity index (χ2n) is 3.74. The van der Waals surface area contributed by atoms with Gasteiger partial charge in [-0.25, -0.2) is 0 Å². The molecule has 2 N–H and O–H groups in total. The molecule has 2 unspecified atom stereocenters. The van der Waals surface area contributed by atoms with Gasteiger partial charge in [-0.3, -0.25) is 4.79 Å². The van der Waals surface area contributed by atoms with Crippen LogP contribution in [0.1, 0.15) is 20.3 Å². The molecular weight excluding hydrogens is 156 g/mol. The number of aliphatic carboxylic acids is 1. The molecule has 3 nitrogen and oxygen atoms in total. The van der Waals surface area contributed by atoms with E-state index in [1.807, 2.05) is 13.8 Å². The highest BCUT2D eigenvalue weighted by atomic mass is 16.4. The molecule has 1 fully saturated rings. The van der Waals surface area contributed by atoms with Crippen LogP contribution >= 0.6 is 0 Å². The highest BCUT2D eigenvalue weighted by Gasteiger charge is 2.61. The van der Waals surface area contributed by atoms with Crippen LogP contribution in [0.15, 0.2) is 0 Å². The highest BCUT2D eigenvalue weighted by Crippen LogP contribution is 2.59. The van der Waals surface area contributed by atoms with Crippen LogP contribution < -0.4 is 0 Å². The Morgan fingerprint density at radius 1 is 1.58 bits per heavy atom. The van der Waals surface area contributed by atoms with E-state index in [0.29, 0.717) is 6.42 Å². The summed E-state index contributed by atoms with van der Waals surface area (Å²) in [6.07, 6.45) is 2.27. The maximum Gasteiger partial charge on any atom is 0.307 e. The molecule has 1 rings (SSSR count). The molecule has 0 heterocycles. The zero-order valence-corrected chi connectivity index (χ0v) is 7.16. The van der Waals surface area contributed by atoms with E-state index in [1.54, 1.807) is 6.11 Å². The van der Waals surface area contributed by atoms with Crippen LogP contribution in [0.3, 0.4) is 0 Å². The lowest BCUT2D eigenvalue weighted by Crippen LogP contribution is -2.03. The van der Waals surface area contributed by atoms with Crippen LogP contribution in [0.5, 0.6) is 0 Å². The number of carboxylic acid groups (broad SMARTS) is 1. The van der Waals surface area contributed by atoms with Crippen molar-refractivity contribution in [2.45, 2.75) is 20.3 Å². The third-order valence-corrected chi connectivity index (χ3v) is 2.72. The molecule has 0 radical (unpaired) electrons. The predicted octanol–water partition coefficient (Wildman–Crippen LogP) is 1.07. The van der Waals surface area contributed by atoms with Gasteiger partial charge < -0.3 is 10.2 Å². The molecule has 0 aromatic heterocycles. The van der Waals surface area contributed by atoms with Crippen LogP contribution in [0.4, 0.5) is 0 Å². The summed E-state index contributed by atoms with van der Waals surface area (Å²) >= 11 is 0. The third-order valence-electron chi connectivity index (χ3n) is 2.72. The molecule has 0 amide bonds. The number of carbonyl (C=O) groups is 1. The molecule has 66 valence electrons. The lowest BCUT2D eigenvalue weighted by Gasteiger charge is -1.96. The molecule has 0 bridgehead atoms. The maximum absolute atomic E-state index is 10.6. The Bertz CT molecular complexity index is 257. The van der Waals surface area contributed by atoms with Gasteiger partial charge in [-0.1, -0.05) is 19.8 Å². The second kappa shape index (κ2) is 2.71. The van der Waals surface area contributed by atoms with Crippen LogP contribution in [-0.2, 0) is 4.79 Å². The third kappa shape index (κ3) is 1.25. The van der Waals surface area contributed by atoms with Crippen LogP contribution in [0.25, 0.3) is 0 Å². The summed E-state index contributed by atoms with van der Waals surface area (Å²) in [6, 6.07) is 0. The first-order valence-electron chi connectivity index (χ1n) is 3.86. The van der Waals surface area contributed by atoms with Gasteiger partial charge in [0.1, 0.15) is 6.11 Å². The number of hydrogen-bond acceptors (Lipinski definition) is 2. The smallest absolute Gasteiger partial charge is 0.307 e. The average Bonchev–Trinajstić information content (AvgIpc) is 2.49. The largest absolute Gasteiger partial charge is 0.481 e. The number of rotatable bonds is 2.